The number of aromatic nitrogens is 2. The predicted octanol–water partition coefficient (Wildman–Crippen LogP) is 2.18. The van der Waals surface area contributed by atoms with Gasteiger partial charge in [0, 0.05) is 11.9 Å². The standard InChI is InChI=1S/C16H18N2O5/c1-4-22-16(21)13-9(2)14(18-10(13)3)12(19)8-23-15(20)11-6-5-7-17-11/h5-7,17-18H,4,8H2,1-3H3. The van der Waals surface area contributed by atoms with Crippen molar-refractivity contribution >= 4 is 17.7 Å². The van der Waals surface area contributed by atoms with E-state index in [1.165, 1.54) is 0 Å². The van der Waals surface area contributed by atoms with Crippen molar-refractivity contribution in [2.24, 2.45) is 0 Å². The number of Topliss-reactive ketones (excluding diaryl/α,β-unsaturated/α-hetero) is 1. The molecule has 0 aliphatic heterocycles. The molecule has 0 atom stereocenters. The molecule has 0 saturated carbocycles. The van der Waals surface area contributed by atoms with Crippen molar-refractivity contribution in [3.05, 3.63) is 46.5 Å². The Labute approximate surface area is 133 Å². The van der Waals surface area contributed by atoms with E-state index in [0.717, 1.165) is 0 Å². The fourth-order valence-electron chi connectivity index (χ4n) is 2.28. The lowest BCUT2D eigenvalue weighted by molar-refractivity contribution is 0.0467. The predicted molar refractivity (Wildman–Crippen MR) is 81.6 cm³/mol. The summed E-state index contributed by atoms with van der Waals surface area (Å²) in [6.07, 6.45) is 1.59. The molecule has 122 valence electrons. The number of aromatic amines is 2. The summed E-state index contributed by atoms with van der Waals surface area (Å²) < 4.78 is 9.93. The van der Waals surface area contributed by atoms with Gasteiger partial charge in [0.25, 0.3) is 0 Å². The van der Waals surface area contributed by atoms with Crippen LogP contribution in [0.3, 0.4) is 0 Å². The molecule has 0 unspecified atom stereocenters. The van der Waals surface area contributed by atoms with Crippen LogP contribution in [0.4, 0.5) is 0 Å². The summed E-state index contributed by atoms with van der Waals surface area (Å²) in [5.41, 5.74) is 1.88. The highest BCUT2D eigenvalue weighted by Gasteiger charge is 2.23. The van der Waals surface area contributed by atoms with Gasteiger partial charge in [0.2, 0.25) is 5.78 Å². The second kappa shape index (κ2) is 6.95. The van der Waals surface area contributed by atoms with Crippen molar-refractivity contribution in [2.45, 2.75) is 20.8 Å². The number of aryl methyl sites for hydroxylation is 1. The second-order valence-corrected chi connectivity index (χ2v) is 4.93. The number of ketones is 1. The highest BCUT2D eigenvalue weighted by atomic mass is 16.5. The van der Waals surface area contributed by atoms with Crippen LogP contribution in [0.1, 0.15) is 49.5 Å². The summed E-state index contributed by atoms with van der Waals surface area (Å²) in [6, 6.07) is 3.21. The minimum atomic E-state index is -0.616. The quantitative estimate of drug-likeness (QED) is 0.628. The molecular formula is C16H18N2O5. The number of hydrogen-bond acceptors (Lipinski definition) is 5. The van der Waals surface area contributed by atoms with Crippen molar-refractivity contribution in [3.63, 3.8) is 0 Å². The van der Waals surface area contributed by atoms with Gasteiger partial charge in [0.15, 0.2) is 6.61 Å². The summed E-state index contributed by atoms with van der Waals surface area (Å²) >= 11 is 0. The number of esters is 2. The normalized spacial score (nSPS) is 10.4. The third-order valence-corrected chi connectivity index (χ3v) is 3.35. The maximum atomic E-state index is 12.2. The maximum Gasteiger partial charge on any atom is 0.355 e. The summed E-state index contributed by atoms with van der Waals surface area (Å²) in [4.78, 5) is 41.4. The number of carbonyl (C=O) groups is 3. The number of nitrogens with one attached hydrogen (secondary N) is 2. The zero-order valence-corrected chi connectivity index (χ0v) is 13.2. The Morgan fingerprint density at radius 1 is 1.13 bits per heavy atom. The molecule has 0 aromatic carbocycles. The Morgan fingerprint density at radius 2 is 1.87 bits per heavy atom. The SMILES string of the molecule is CCOC(=O)c1c(C)[nH]c(C(=O)COC(=O)c2ccc[nH]2)c1C. The van der Waals surface area contributed by atoms with Gasteiger partial charge in [-0.3, -0.25) is 4.79 Å². The van der Waals surface area contributed by atoms with Crippen LogP contribution in [0, 0.1) is 13.8 Å². The Hall–Kier alpha value is -2.83. The smallest absolute Gasteiger partial charge is 0.355 e. The van der Waals surface area contributed by atoms with Crippen LogP contribution in [0.15, 0.2) is 18.3 Å². The lowest BCUT2D eigenvalue weighted by atomic mass is 10.1. The Kier molecular flexibility index (Phi) is 5.00. The van der Waals surface area contributed by atoms with Crippen molar-refractivity contribution in [1.82, 2.24) is 9.97 Å². The van der Waals surface area contributed by atoms with Gasteiger partial charge in [-0.25, -0.2) is 9.59 Å². The first-order valence-electron chi connectivity index (χ1n) is 7.15. The molecule has 0 bridgehead atoms. The van der Waals surface area contributed by atoms with E-state index in [-0.39, 0.29) is 18.0 Å². The molecule has 2 heterocycles. The lowest BCUT2D eigenvalue weighted by Gasteiger charge is -2.04. The van der Waals surface area contributed by atoms with E-state index in [4.69, 9.17) is 9.47 Å². The first kappa shape index (κ1) is 16.5. The molecule has 2 aromatic rings. The van der Waals surface area contributed by atoms with Crippen LogP contribution < -0.4 is 0 Å². The van der Waals surface area contributed by atoms with E-state index in [1.807, 2.05) is 0 Å². The zero-order valence-electron chi connectivity index (χ0n) is 13.2. The minimum absolute atomic E-state index is 0.241. The number of rotatable bonds is 6. The summed E-state index contributed by atoms with van der Waals surface area (Å²) in [7, 11) is 0. The Bertz CT molecular complexity index is 728. The highest BCUT2D eigenvalue weighted by molar-refractivity contribution is 6.03. The first-order chi connectivity index (χ1) is 11.0. The van der Waals surface area contributed by atoms with Crippen LogP contribution in [0.25, 0.3) is 0 Å². The van der Waals surface area contributed by atoms with Gasteiger partial charge in [-0.2, -0.15) is 0 Å². The van der Waals surface area contributed by atoms with E-state index in [2.05, 4.69) is 9.97 Å². The number of ether oxygens (including phenoxy) is 2. The van der Waals surface area contributed by atoms with E-state index >= 15 is 0 Å². The van der Waals surface area contributed by atoms with E-state index in [1.54, 1.807) is 39.1 Å². The van der Waals surface area contributed by atoms with E-state index in [0.29, 0.717) is 16.8 Å². The molecule has 0 amide bonds. The van der Waals surface area contributed by atoms with Gasteiger partial charge in [-0.05, 0) is 38.5 Å². The van der Waals surface area contributed by atoms with Crippen molar-refractivity contribution < 1.29 is 23.9 Å². The molecule has 0 saturated heterocycles. The summed E-state index contributed by atoms with van der Waals surface area (Å²) in [5, 5.41) is 0. The molecule has 0 spiro atoms. The summed E-state index contributed by atoms with van der Waals surface area (Å²) in [6.45, 7) is 4.87. The van der Waals surface area contributed by atoms with Gasteiger partial charge in [0.05, 0.1) is 17.9 Å². The van der Waals surface area contributed by atoms with Gasteiger partial charge in [-0.15, -0.1) is 0 Å². The molecule has 0 fully saturated rings. The average Bonchev–Trinajstić information content (AvgIpc) is 3.13. The number of carbonyl (C=O) groups excluding carboxylic acids is 3. The topological polar surface area (TPSA) is 101 Å². The highest BCUT2D eigenvalue weighted by Crippen LogP contribution is 2.19. The zero-order chi connectivity index (χ0) is 17.0. The van der Waals surface area contributed by atoms with Crippen molar-refractivity contribution in [1.29, 1.82) is 0 Å². The summed E-state index contributed by atoms with van der Waals surface area (Å²) in [5.74, 6) is -1.52. The molecule has 7 heteroatoms. The third-order valence-electron chi connectivity index (χ3n) is 3.35. The van der Waals surface area contributed by atoms with Crippen LogP contribution in [-0.4, -0.2) is 40.9 Å². The molecular weight excluding hydrogens is 300 g/mol. The van der Waals surface area contributed by atoms with Crippen LogP contribution in [0.5, 0.6) is 0 Å². The first-order valence-corrected chi connectivity index (χ1v) is 7.15. The number of hydrogen-bond donors (Lipinski definition) is 2. The monoisotopic (exact) mass is 318 g/mol. The lowest BCUT2D eigenvalue weighted by Crippen LogP contribution is -2.16. The molecule has 23 heavy (non-hydrogen) atoms. The Morgan fingerprint density at radius 3 is 2.48 bits per heavy atom. The minimum Gasteiger partial charge on any atom is -0.462 e. The van der Waals surface area contributed by atoms with E-state index < -0.39 is 24.3 Å². The maximum absolute atomic E-state index is 12.2. The van der Waals surface area contributed by atoms with Gasteiger partial charge in [0.1, 0.15) is 5.69 Å². The molecule has 2 aromatic heterocycles. The van der Waals surface area contributed by atoms with Crippen LogP contribution in [-0.2, 0) is 9.47 Å². The largest absolute Gasteiger partial charge is 0.462 e. The van der Waals surface area contributed by atoms with Crippen molar-refractivity contribution in [3.8, 4) is 0 Å². The van der Waals surface area contributed by atoms with Crippen molar-refractivity contribution in [2.75, 3.05) is 13.2 Å². The van der Waals surface area contributed by atoms with E-state index in [9.17, 15) is 14.4 Å². The molecule has 0 aliphatic rings. The average molecular weight is 318 g/mol. The number of H-pyrrole nitrogens is 2. The third kappa shape index (κ3) is 3.50. The van der Waals surface area contributed by atoms with Crippen LogP contribution >= 0.6 is 0 Å². The second-order valence-electron chi connectivity index (χ2n) is 4.93. The molecule has 7 nitrogen and oxygen atoms in total. The molecule has 2 rings (SSSR count). The molecule has 0 aliphatic carbocycles. The Balaban J connectivity index is 2.09. The fourth-order valence-corrected chi connectivity index (χ4v) is 2.28. The molecule has 2 N–H and O–H groups in total. The van der Waals surface area contributed by atoms with Gasteiger partial charge in [-0.1, -0.05) is 0 Å². The fraction of sp³-hybridized carbons (Fsp3) is 0.312. The van der Waals surface area contributed by atoms with Gasteiger partial charge < -0.3 is 19.4 Å². The van der Waals surface area contributed by atoms with Gasteiger partial charge >= 0.3 is 11.9 Å². The van der Waals surface area contributed by atoms with Crippen LogP contribution in [0.2, 0.25) is 0 Å². The molecule has 0 radical (unpaired) electrons.